The first-order valence-corrected chi connectivity index (χ1v) is 3.89. The summed E-state index contributed by atoms with van der Waals surface area (Å²) in [5.41, 5.74) is 0. The van der Waals surface area contributed by atoms with Crippen molar-refractivity contribution in [2.75, 3.05) is 14.1 Å². The van der Waals surface area contributed by atoms with Gasteiger partial charge in [-0.25, -0.2) is 14.7 Å². The SMILES string of the molecule is CN(C)C(=O)NS(N)(=O)=O. The zero-order valence-electron chi connectivity index (χ0n) is 5.66. The van der Waals surface area contributed by atoms with Crippen LogP contribution in [-0.2, 0) is 10.2 Å². The summed E-state index contributed by atoms with van der Waals surface area (Å²) >= 11 is 0. The van der Waals surface area contributed by atoms with Crippen molar-refractivity contribution in [3.63, 3.8) is 0 Å². The Morgan fingerprint density at radius 3 is 2.00 bits per heavy atom. The topological polar surface area (TPSA) is 92.5 Å². The Bertz CT molecular complexity index is 219. The molecule has 0 bridgehead atoms. The Labute approximate surface area is 59.2 Å². The maximum atomic E-state index is 10.5. The number of nitrogens with one attached hydrogen (secondary N) is 1. The van der Waals surface area contributed by atoms with Gasteiger partial charge in [0.15, 0.2) is 0 Å². The number of hydrogen-bond acceptors (Lipinski definition) is 3. The van der Waals surface area contributed by atoms with Gasteiger partial charge >= 0.3 is 6.03 Å². The molecule has 0 fully saturated rings. The molecule has 3 N–H and O–H groups in total. The molecule has 0 aliphatic heterocycles. The lowest BCUT2D eigenvalue weighted by Gasteiger charge is -2.09. The van der Waals surface area contributed by atoms with Gasteiger partial charge in [-0.05, 0) is 0 Å². The van der Waals surface area contributed by atoms with Crippen molar-refractivity contribution in [3.05, 3.63) is 0 Å². The molecule has 0 saturated carbocycles. The molecule has 0 aliphatic carbocycles. The zero-order chi connectivity index (χ0) is 8.36. The summed E-state index contributed by atoms with van der Waals surface area (Å²) in [4.78, 5) is 11.6. The highest BCUT2D eigenvalue weighted by molar-refractivity contribution is 7.87. The van der Waals surface area contributed by atoms with Gasteiger partial charge in [-0.1, -0.05) is 0 Å². The number of carbonyl (C=O) groups excluding carboxylic acids is 1. The normalized spacial score (nSPS) is 10.7. The molecule has 7 heteroatoms. The number of nitrogens with two attached hydrogens (primary N) is 1. The second-order valence-electron chi connectivity index (χ2n) is 1.85. The molecule has 0 spiro atoms. The average Bonchev–Trinajstić information content (AvgIpc) is 1.60. The lowest BCUT2D eigenvalue weighted by Crippen LogP contribution is -2.42. The molecule has 10 heavy (non-hydrogen) atoms. The fraction of sp³-hybridized carbons (Fsp3) is 0.667. The van der Waals surface area contributed by atoms with E-state index in [2.05, 4.69) is 5.14 Å². The van der Waals surface area contributed by atoms with Gasteiger partial charge in [0, 0.05) is 14.1 Å². The molecule has 0 radical (unpaired) electrons. The Balaban J connectivity index is 4.07. The van der Waals surface area contributed by atoms with E-state index in [1.807, 2.05) is 0 Å². The maximum Gasteiger partial charge on any atom is 0.331 e. The summed E-state index contributed by atoms with van der Waals surface area (Å²) in [7, 11) is -1.10. The molecule has 0 atom stereocenters. The smallest absolute Gasteiger partial charge is 0.330 e. The van der Waals surface area contributed by atoms with Gasteiger partial charge in [0.25, 0.3) is 10.2 Å². The number of nitrogens with zero attached hydrogens (tertiary/aromatic N) is 1. The highest BCUT2D eigenvalue weighted by atomic mass is 32.2. The van der Waals surface area contributed by atoms with Crippen LogP contribution in [0.4, 0.5) is 4.79 Å². The molecule has 0 aromatic rings. The molecular weight excluding hydrogens is 158 g/mol. The third-order valence-electron chi connectivity index (χ3n) is 0.636. The lowest BCUT2D eigenvalue weighted by molar-refractivity contribution is 0.223. The van der Waals surface area contributed by atoms with Crippen molar-refractivity contribution >= 4 is 16.2 Å². The second kappa shape index (κ2) is 2.84. The van der Waals surface area contributed by atoms with Gasteiger partial charge in [-0.15, -0.1) is 0 Å². The van der Waals surface area contributed by atoms with E-state index in [-0.39, 0.29) is 0 Å². The van der Waals surface area contributed by atoms with Crippen LogP contribution >= 0.6 is 0 Å². The van der Waals surface area contributed by atoms with Gasteiger partial charge in [-0.2, -0.15) is 8.42 Å². The zero-order valence-corrected chi connectivity index (χ0v) is 6.47. The van der Waals surface area contributed by atoms with Crippen LogP contribution in [0, 0.1) is 0 Å². The highest BCUT2D eigenvalue weighted by Gasteiger charge is 2.08. The molecule has 0 aliphatic rings. The van der Waals surface area contributed by atoms with E-state index in [4.69, 9.17) is 0 Å². The van der Waals surface area contributed by atoms with Gasteiger partial charge in [-0.3, -0.25) is 0 Å². The molecule has 2 amide bonds. The van der Waals surface area contributed by atoms with Crippen LogP contribution in [0.2, 0.25) is 0 Å². The molecule has 0 aromatic heterocycles. The third kappa shape index (κ3) is 4.10. The highest BCUT2D eigenvalue weighted by Crippen LogP contribution is 1.77. The average molecular weight is 167 g/mol. The summed E-state index contributed by atoms with van der Waals surface area (Å²) in [5.74, 6) is 0. The molecule has 6 nitrogen and oxygen atoms in total. The van der Waals surface area contributed by atoms with Crippen molar-refractivity contribution < 1.29 is 13.2 Å². The van der Waals surface area contributed by atoms with Crippen molar-refractivity contribution in [3.8, 4) is 0 Å². The Morgan fingerprint density at radius 2 is 1.90 bits per heavy atom. The minimum absolute atomic E-state index is 0.762. The molecule has 0 heterocycles. The molecule has 0 aromatic carbocycles. The van der Waals surface area contributed by atoms with Crippen molar-refractivity contribution in [1.29, 1.82) is 0 Å². The van der Waals surface area contributed by atoms with Crippen LogP contribution in [-0.4, -0.2) is 33.4 Å². The second-order valence-corrected chi connectivity index (χ2v) is 3.14. The van der Waals surface area contributed by atoms with E-state index in [9.17, 15) is 13.2 Å². The van der Waals surface area contributed by atoms with Crippen LogP contribution < -0.4 is 9.86 Å². The fourth-order valence-corrected chi connectivity index (χ4v) is 0.639. The molecule has 0 saturated heterocycles. The first-order valence-electron chi connectivity index (χ1n) is 2.35. The number of amides is 2. The molecule has 60 valence electrons. The summed E-state index contributed by atoms with van der Waals surface area (Å²) < 4.78 is 21.9. The van der Waals surface area contributed by atoms with E-state index in [1.165, 1.54) is 14.1 Å². The molecular formula is C3H9N3O3S. The minimum Gasteiger partial charge on any atom is -0.330 e. The van der Waals surface area contributed by atoms with Crippen molar-refractivity contribution in [2.24, 2.45) is 5.14 Å². The summed E-state index contributed by atoms with van der Waals surface area (Å²) in [6, 6.07) is -0.762. The largest absolute Gasteiger partial charge is 0.331 e. The number of hydrogen-bond donors (Lipinski definition) is 2. The van der Waals surface area contributed by atoms with Crippen LogP contribution in [0.3, 0.4) is 0 Å². The van der Waals surface area contributed by atoms with Gasteiger partial charge in [0.05, 0.1) is 0 Å². The first-order chi connectivity index (χ1) is 4.33. The maximum absolute atomic E-state index is 10.5. The van der Waals surface area contributed by atoms with Gasteiger partial charge < -0.3 is 4.90 Å². The standard InChI is InChI=1S/C3H9N3O3S/c1-6(2)3(7)5-10(4,8)9/h1-2H3,(H,5,7)(H2,4,8,9). The number of urea groups is 1. The molecule has 0 rings (SSSR count). The monoisotopic (exact) mass is 167 g/mol. The summed E-state index contributed by atoms with van der Waals surface area (Å²) in [6.45, 7) is 0. The third-order valence-corrected chi connectivity index (χ3v) is 1.09. The van der Waals surface area contributed by atoms with Crippen molar-refractivity contribution in [1.82, 2.24) is 9.62 Å². The first kappa shape index (κ1) is 9.18. The fourth-order valence-electron chi connectivity index (χ4n) is 0.213. The Kier molecular flexibility index (Phi) is 2.61. The predicted octanol–water partition coefficient (Wildman–Crippen LogP) is -1.54. The van der Waals surface area contributed by atoms with Crippen LogP contribution in [0.25, 0.3) is 0 Å². The summed E-state index contributed by atoms with van der Waals surface area (Å²) in [6.07, 6.45) is 0. The van der Waals surface area contributed by atoms with Crippen LogP contribution in [0.5, 0.6) is 0 Å². The minimum atomic E-state index is -3.91. The van der Waals surface area contributed by atoms with Crippen LogP contribution in [0.1, 0.15) is 0 Å². The molecule has 0 unspecified atom stereocenters. The van der Waals surface area contributed by atoms with Gasteiger partial charge in [0.2, 0.25) is 0 Å². The number of rotatable bonds is 1. The van der Waals surface area contributed by atoms with Crippen LogP contribution in [0.15, 0.2) is 0 Å². The van der Waals surface area contributed by atoms with E-state index < -0.39 is 16.2 Å². The summed E-state index contributed by atoms with van der Waals surface area (Å²) in [5, 5.41) is 4.49. The Hall–Kier alpha value is -0.820. The van der Waals surface area contributed by atoms with E-state index in [1.54, 1.807) is 4.72 Å². The van der Waals surface area contributed by atoms with E-state index in [0.717, 1.165) is 4.90 Å². The quantitative estimate of drug-likeness (QED) is 0.495. The van der Waals surface area contributed by atoms with Gasteiger partial charge in [0.1, 0.15) is 0 Å². The predicted molar refractivity (Wildman–Crippen MR) is 35.3 cm³/mol. The lowest BCUT2D eigenvalue weighted by atomic mass is 10.9. The number of carbonyl (C=O) groups is 1. The van der Waals surface area contributed by atoms with E-state index >= 15 is 0 Å². The van der Waals surface area contributed by atoms with Crippen molar-refractivity contribution in [2.45, 2.75) is 0 Å². The Morgan fingerprint density at radius 1 is 1.50 bits per heavy atom. The van der Waals surface area contributed by atoms with E-state index in [0.29, 0.717) is 0 Å².